The maximum atomic E-state index is 12.8. The number of hydrogen-bond acceptors (Lipinski definition) is 1. The molecule has 68 valence electrons. The van der Waals surface area contributed by atoms with E-state index in [4.69, 9.17) is 6.42 Å². The second kappa shape index (κ2) is 4.64. The molecule has 0 saturated heterocycles. The lowest BCUT2D eigenvalue weighted by atomic mass is 10.1. The summed E-state index contributed by atoms with van der Waals surface area (Å²) >= 11 is 0. The van der Waals surface area contributed by atoms with E-state index in [-0.39, 0.29) is 5.82 Å². The third-order valence-electron chi connectivity index (χ3n) is 1.85. The van der Waals surface area contributed by atoms with Crippen molar-refractivity contribution in [2.24, 2.45) is 0 Å². The maximum absolute atomic E-state index is 12.8. The van der Waals surface area contributed by atoms with Crippen LogP contribution in [0.3, 0.4) is 0 Å². The first kappa shape index (κ1) is 9.76. The van der Waals surface area contributed by atoms with Gasteiger partial charge in [0.2, 0.25) is 0 Å². The largest absolute Gasteiger partial charge is 0.302 e. The zero-order chi connectivity index (χ0) is 9.68. The first-order valence-electron chi connectivity index (χ1n) is 4.13. The topological polar surface area (TPSA) is 12.0 Å². The van der Waals surface area contributed by atoms with E-state index in [0.29, 0.717) is 13.1 Å². The Morgan fingerprint density at radius 1 is 1.54 bits per heavy atom. The summed E-state index contributed by atoms with van der Waals surface area (Å²) in [5.41, 5.74) is 2.03. The lowest BCUT2D eigenvalue weighted by molar-refractivity contribution is 0.622. The molecule has 1 N–H and O–H groups in total. The van der Waals surface area contributed by atoms with Gasteiger partial charge in [0, 0.05) is 6.54 Å². The number of aryl methyl sites for hydroxylation is 1. The van der Waals surface area contributed by atoms with Crippen molar-refractivity contribution in [3.8, 4) is 12.3 Å². The molecule has 1 aromatic carbocycles. The smallest absolute Gasteiger partial charge is 0.123 e. The SMILES string of the molecule is C#CCNCc1cc(F)ccc1C. The Balaban J connectivity index is 2.65. The Hall–Kier alpha value is -1.33. The summed E-state index contributed by atoms with van der Waals surface area (Å²) in [4.78, 5) is 0. The lowest BCUT2D eigenvalue weighted by Crippen LogP contribution is -2.13. The van der Waals surface area contributed by atoms with Crippen LogP contribution in [0.15, 0.2) is 18.2 Å². The summed E-state index contributed by atoms with van der Waals surface area (Å²) in [5.74, 6) is 2.26. The molecular formula is C11H12FN. The molecule has 1 aromatic rings. The molecule has 1 rings (SSSR count). The minimum absolute atomic E-state index is 0.205. The van der Waals surface area contributed by atoms with Gasteiger partial charge < -0.3 is 5.32 Å². The molecule has 0 atom stereocenters. The van der Waals surface area contributed by atoms with Gasteiger partial charge in [-0.2, -0.15) is 0 Å². The van der Waals surface area contributed by atoms with Crippen molar-refractivity contribution in [2.75, 3.05) is 6.54 Å². The average Bonchev–Trinajstić information content (AvgIpc) is 2.11. The van der Waals surface area contributed by atoms with Crippen LogP contribution in [-0.4, -0.2) is 6.54 Å². The number of halogens is 1. The molecule has 0 aliphatic carbocycles. The van der Waals surface area contributed by atoms with Crippen LogP contribution < -0.4 is 5.32 Å². The van der Waals surface area contributed by atoms with Crippen molar-refractivity contribution >= 4 is 0 Å². The fourth-order valence-electron chi connectivity index (χ4n) is 1.10. The fourth-order valence-corrected chi connectivity index (χ4v) is 1.10. The Labute approximate surface area is 78.0 Å². The van der Waals surface area contributed by atoms with E-state index in [1.54, 1.807) is 6.07 Å². The van der Waals surface area contributed by atoms with Crippen molar-refractivity contribution in [3.05, 3.63) is 35.1 Å². The van der Waals surface area contributed by atoms with E-state index in [2.05, 4.69) is 11.2 Å². The molecule has 0 bridgehead atoms. The van der Waals surface area contributed by atoms with E-state index >= 15 is 0 Å². The molecule has 0 aromatic heterocycles. The third-order valence-corrected chi connectivity index (χ3v) is 1.85. The third kappa shape index (κ3) is 2.89. The lowest BCUT2D eigenvalue weighted by Gasteiger charge is -2.05. The van der Waals surface area contributed by atoms with Crippen LogP contribution in [0, 0.1) is 25.1 Å². The number of terminal acetylenes is 1. The van der Waals surface area contributed by atoms with Crippen LogP contribution in [0.5, 0.6) is 0 Å². The first-order chi connectivity index (χ1) is 6.24. The monoisotopic (exact) mass is 177 g/mol. The molecule has 0 heterocycles. The Kier molecular flexibility index (Phi) is 3.48. The molecule has 0 spiro atoms. The minimum Gasteiger partial charge on any atom is -0.302 e. The fraction of sp³-hybridized carbons (Fsp3) is 0.273. The van der Waals surface area contributed by atoms with Crippen LogP contribution in [0.1, 0.15) is 11.1 Å². The van der Waals surface area contributed by atoms with Crippen LogP contribution in [0.4, 0.5) is 4.39 Å². The van der Waals surface area contributed by atoms with Crippen molar-refractivity contribution in [1.82, 2.24) is 5.32 Å². The number of benzene rings is 1. The molecular weight excluding hydrogens is 165 g/mol. The van der Waals surface area contributed by atoms with E-state index in [0.717, 1.165) is 11.1 Å². The molecule has 0 fully saturated rings. The highest BCUT2D eigenvalue weighted by molar-refractivity contribution is 5.26. The van der Waals surface area contributed by atoms with Crippen LogP contribution in [0.2, 0.25) is 0 Å². The zero-order valence-electron chi connectivity index (χ0n) is 7.60. The summed E-state index contributed by atoms with van der Waals surface area (Å²) in [6.07, 6.45) is 5.07. The van der Waals surface area contributed by atoms with Gasteiger partial charge in [-0.15, -0.1) is 6.42 Å². The molecule has 0 radical (unpaired) electrons. The van der Waals surface area contributed by atoms with Gasteiger partial charge in [0.05, 0.1) is 6.54 Å². The van der Waals surface area contributed by atoms with Gasteiger partial charge in [-0.1, -0.05) is 12.0 Å². The summed E-state index contributed by atoms with van der Waals surface area (Å²) < 4.78 is 12.8. The van der Waals surface area contributed by atoms with Crippen molar-refractivity contribution in [3.63, 3.8) is 0 Å². The van der Waals surface area contributed by atoms with Gasteiger partial charge in [-0.3, -0.25) is 0 Å². The summed E-state index contributed by atoms with van der Waals surface area (Å²) in [7, 11) is 0. The highest BCUT2D eigenvalue weighted by Gasteiger charge is 1.98. The van der Waals surface area contributed by atoms with Crippen molar-refractivity contribution in [2.45, 2.75) is 13.5 Å². The maximum Gasteiger partial charge on any atom is 0.123 e. The van der Waals surface area contributed by atoms with Crippen LogP contribution in [-0.2, 0) is 6.54 Å². The van der Waals surface area contributed by atoms with Gasteiger partial charge in [0.15, 0.2) is 0 Å². The Bertz CT molecular complexity index is 325. The predicted octanol–water partition coefficient (Wildman–Crippen LogP) is 1.86. The highest BCUT2D eigenvalue weighted by Crippen LogP contribution is 2.09. The summed E-state index contributed by atoms with van der Waals surface area (Å²) in [5, 5.41) is 3.02. The second-order valence-corrected chi connectivity index (χ2v) is 2.88. The zero-order valence-corrected chi connectivity index (χ0v) is 7.60. The van der Waals surface area contributed by atoms with E-state index in [9.17, 15) is 4.39 Å². The average molecular weight is 177 g/mol. The molecule has 2 heteroatoms. The molecule has 0 amide bonds. The molecule has 13 heavy (non-hydrogen) atoms. The quantitative estimate of drug-likeness (QED) is 0.549. The molecule has 0 saturated carbocycles. The summed E-state index contributed by atoms with van der Waals surface area (Å²) in [6.45, 7) is 3.08. The van der Waals surface area contributed by atoms with Gasteiger partial charge >= 0.3 is 0 Å². The van der Waals surface area contributed by atoms with E-state index in [1.807, 2.05) is 6.92 Å². The predicted molar refractivity (Wildman–Crippen MR) is 51.7 cm³/mol. The molecule has 0 aliphatic rings. The molecule has 1 nitrogen and oxygen atoms in total. The first-order valence-corrected chi connectivity index (χ1v) is 4.13. The van der Waals surface area contributed by atoms with E-state index < -0.39 is 0 Å². The Morgan fingerprint density at radius 3 is 3.00 bits per heavy atom. The number of nitrogens with one attached hydrogen (secondary N) is 1. The molecule has 0 aliphatic heterocycles. The highest BCUT2D eigenvalue weighted by atomic mass is 19.1. The van der Waals surface area contributed by atoms with Gasteiger partial charge in [0.1, 0.15) is 5.82 Å². The number of rotatable bonds is 3. The van der Waals surface area contributed by atoms with Crippen molar-refractivity contribution in [1.29, 1.82) is 0 Å². The van der Waals surface area contributed by atoms with Gasteiger partial charge in [0.25, 0.3) is 0 Å². The standard InChI is InChI=1S/C11H12FN/c1-3-6-13-8-10-7-11(12)5-4-9(10)2/h1,4-5,7,13H,6,8H2,2H3. The van der Waals surface area contributed by atoms with Crippen LogP contribution in [0.25, 0.3) is 0 Å². The van der Waals surface area contributed by atoms with Crippen molar-refractivity contribution < 1.29 is 4.39 Å². The summed E-state index contributed by atoms with van der Waals surface area (Å²) in [6, 6.07) is 4.75. The normalized spacial score (nSPS) is 9.62. The van der Waals surface area contributed by atoms with Gasteiger partial charge in [-0.05, 0) is 30.2 Å². The molecule has 0 unspecified atom stereocenters. The van der Waals surface area contributed by atoms with Gasteiger partial charge in [-0.25, -0.2) is 4.39 Å². The second-order valence-electron chi connectivity index (χ2n) is 2.88. The minimum atomic E-state index is -0.205. The number of hydrogen-bond donors (Lipinski definition) is 1. The van der Waals surface area contributed by atoms with E-state index in [1.165, 1.54) is 12.1 Å². The Morgan fingerprint density at radius 2 is 2.31 bits per heavy atom. The van der Waals surface area contributed by atoms with Crippen LogP contribution >= 0.6 is 0 Å².